The molecular formula is C17H20O7. The Morgan fingerprint density at radius 2 is 1.92 bits per heavy atom. The van der Waals surface area contributed by atoms with Gasteiger partial charge < -0.3 is 28.8 Å². The van der Waals surface area contributed by atoms with Crippen molar-refractivity contribution >= 4 is 5.97 Å². The molecule has 7 heteroatoms. The van der Waals surface area contributed by atoms with E-state index in [1.54, 1.807) is 7.11 Å². The van der Waals surface area contributed by atoms with Crippen molar-refractivity contribution in [1.82, 2.24) is 0 Å². The van der Waals surface area contributed by atoms with Crippen LogP contribution in [0.5, 0.6) is 5.75 Å². The Balaban J connectivity index is 1.47. The molecule has 1 aromatic carbocycles. The van der Waals surface area contributed by atoms with Crippen molar-refractivity contribution in [3.05, 3.63) is 29.8 Å². The minimum atomic E-state index is -0.775. The molecule has 2 heterocycles. The van der Waals surface area contributed by atoms with Gasteiger partial charge in [-0.3, -0.25) is 4.79 Å². The van der Waals surface area contributed by atoms with E-state index in [9.17, 15) is 9.90 Å². The molecule has 3 aliphatic rings. The van der Waals surface area contributed by atoms with Crippen LogP contribution in [-0.4, -0.2) is 56.3 Å². The molecule has 4 rings (SSSR count). The number of esters is 1. The predicted molar refractivity (Wildman–Crippen MR) is 80.2 cm³/mol. The van der Waals surface area contributed by atoms with Crippen LogP contribution in [0.15, 0.2) is 24.3 Å². The van der Waals surface area contributed by atoms with Crippen molar-refractivity contribution in [3.8, 4) is 5.75 Å². The Morgan fingerprint density at radius 3 is 2.58 bits per heavy atom. The first-order valence-electron chi connectivity index (χ1n) is 7.96. The number of aliphatic hydroxyl groups excluding tert-OH is 1. The summed E-state index contributed by atoms with van der Waals surface area (Å²) in [6.45, 7) is 0.301. The fraction of sp³-hybridized carbons (Fsp3) is 0.588. The third-order valence-electron chi connectivity index (χ3n) is 4.99. The van der Waals surface area contributed by atoms with Crippen molar-refractivity contribution in [3.63, 3.8) is 0 Å². The SMILES string of the molecule is COC(=O)[C@@H]1[C@H]2O[C@@H]3CO[C@@H](c4ccc(OC)cc4)O[C@H]3C(O)[C@H]21. The molecule has 1 saturated carbocycles. The van der Waals surface area contributed by atoms with E-state index >= 15 is 0 Å². The summed E-state index contributed by atoms with van der Waals surface area (Å²) in [4.78, 5) is 11.7. The van der Waals surface area contributed by atoms with Gasteiger partial charge in [-0.25, -0.2) is 0 Å². The van der Waals surface area contributed by atoms with Crippen LogP contribution >= 0.6 is 0 Å². The van der Waals surface area contributed by atoms with Crippen molar-refractivity contribution in [1.29, 1.82) is 0 Å². The lowest BCUT2D eigenvalue weighted by molar-refractivity contribution is -0.300. The number of carbonyl (C=O) groups excluding carboxylic acids is 1. The zero-order valence-electron chi connectivity index (χ0n) is 13.5. The number of aliphatic hydroxyl groups is 1. The Hall–Kier alpha value is -1.67. The van der Waals surface area contributed by atoms with Gasteiger partial charge in [0.05, 0.1) is 39.0 Å². The third-order valence-corrected chi connectivity index (χ3v) is 4.99. The monoisotopic (exact) mass is 336 g/mol. The lowest BCUT2D eigenvalue weighted by atomic mass is 9.99. The van der Waals surface area contributed by atoms with Crippen LogP contribution in [-0.2, 0) is 23.7 Å². The van der Waals surface area contributed by atoms with Gasteiger partial charge in [0.15, 0.2) is 6.29 Å². The van der Waals surface area contributed by atoms with Crippen LogP contribution in [0.2, 0.25) is 0 Å². The van der Waals surface area contributed by atoms with Crippen molar-refractivity contribution in [2.45, 2.75) is 30.7 Å². The number of ether oxygens (including phenoxy) is 5. The molecule has 7 atom stereocenters. The summed E-state index contributed by atoms with van der Waals surface area (Å²) < 4.78 is 27.4. The van der Waals surface area contributed by atoms with E-state index in [0.29, 0.717) is 6.61 Å². The Kier molecular flexibility index (Phi) is 3.96. The second-order valence-electron chi connectivity index (χ2n) is 6.30. The number of carbonyl (C=O) groups is 1. The number of benzene rings is 1. The standard InChI is InChI=1S/C17H20O7/c1-20-9-5-3-8(4-6-9)17-22-7-10-14(24-17)13(18)11-12(15(11)23-10)16(19)21-2/h3-6,10-15,17-18H,7H2,1-2H3/t10-,11-,12+,13?,14-,15+,17-/m1/s1. The normalized spacial score (nSPS) is 40.2. The lowest BCUT2D eigenvalue weighted by Crippen LogP contribution is -2.53. The van der Waals surface area contributed by atoms with E-state index in [-0.39, 0.29) is 24.1 Å². The molecule has 2 saturated heterocycles. The fourth-order valence-corrected chi connectivity index (χ4v) is 3.64. The molecule has 1 unspecified atom stereocenters. The second-order valence-corrected chi connectivity index (χ2v) is 6.30. The molecule has 0 aromatic heterocycles. The molecular weight excluding hydrogens is 316 g/mol. The average Bonchev–Trinajstić information content (AvgIpc) is 3.35. The van der Waals surface area contributed by atoms with E-state index in [2.05, 4.69) is 0 Å². The van der Waals surface area contributed by atoms with Crippen LogP contribution in [0.3, 0.4) is 0 Å². The van der Waals surface area contributed by atoms with E-state index < -0.39 is 24.4 Å². The minimum absolute atomic E-state index is 0.270. The topological polar surface area (TPSA) is 83.5 Å². The zero-order chi connectivity index (χ0) is 16.8. The van der Waals surface area contributed by atoms with E-state index in [4.69, 9.17) is 23.7 Å². The Labute approximate surface area is 139 Å². The maximum Gasteiger partial charge on any atom is 0.311 e. The molecule has 1 aliphatic carbocycles. The van der Waals surface area contributed by atoms with Crippen LogP contribution in [0, 0.1) is 11.8 Å². The van der Waals surface area contributed by atoms with Gasteiger partial charge in [0.1, 0.15) is 18.0 Å². The summed E-state index contributed by atoms with van der Waals surface area (Å²) in [7, 11) is 2.94. The number of hydrogen-bond donors (Lipinski definition) is 1. The van der Waals surface area contributed by atoms with Crippen molar-refractivity contribution < 1.29 is 33.6 Å². The van der Waals surface area contributed by atoms with Crippen molar-refractivity contribution in [2.24, 2.45) is 11.8 Å². The van der Waals surface area contributed by atoms with Crippen molar-refractivity contribution in [2.75, 3.05) is 20.8 Å². The highest BCUT2D eigenvalue weighted by Crippen LogP contribution is 2.52. The van der Waals surface area contributed by atoms with Gasteiger partial charge in [-0.2, -0.15) is 0 Å². The summed E-state index contributed by atoms with van der Waals surface area (Å²) in [5.74, 6) is -0.294. The highest BCUT2D eigenvalue weighted by atomic mass is 16.7. The quantitative estimate of drug-likeness (QED) is 0.812. The average molecular weight is 336 g/mol. The van der Waals surface area contributed by atoms with Gasteiger partial charge >= 0.3 is 5.97 Å². The molecule has 130 valence electrons. The van der Waals surface area contributed by atoms with Gasteiger partial charge in [0, 0.05) is 11.5 Å². The van der Waals surface area contributed by atoms with Gasteiger partial charge in [0.25, 0.3) is 0 Å². The van der Waals surface area contributed by atoms with Crippen LogP contribution in [0.1, 0.15) is 11.9 Å². The summed E-state index contributed by atoms with van der Waals surface area (Å²) >= 11 is 0. The molecule has 0 amide bonds. The Bertz CT molecular complexity index is 616. The highest BCUT2D eigenvalue weighted by Gasteiger charge is 2.67. The van der Waals surface area contributed by atoms with E-state index in [1.165, 1.54) is 7.11 Å². The number of methoxy groups -OCH3 is 2. The predicted octanol–water partition coefficient (Wildman–Crippen LogP) is 0.656. The molecule has 2 aliphatic heterocycles. The molecule has 1 N–H and O–H groups in total. The molecule has 3 fully saturated rings. The summed E-state index contributed by atoms with van der Waals surface area (Å²) in [6.07, 6.45) is -2.57. The Morgan fingerprint density at radius 1 is 1.17 bits per heavy atom. The highest BCUT2D eigenvalue weighted by molar-refractivity contribution is 5.77. The molecule has 1 aromatic rings. The molecule has 7 nitrogen and oxygen atoms in total. The van der Waals surface area contributed by atoms with E-state index in [1.807, 2.05) is 24.3 Å². The number of hydrogen-bond acceptors (Lipinski definition) is 7. The smallest absolute Gasteiger partial charge is 0.311 e. The molecule has 0 bridgehead atoms. The number of fused-ring (bicyclic) bond motifs is 2. The lowest BCUT2D eigenvalue weighted by Gasteiger charge is -2.41. The first-order valence-corrected chi connectivity index (χ1v) is 7.96. The molecule has 0 spiro atoms. The molecule has 24 heavy (non-hydrogen) atoms. The van der Waals surface area contributed by atoms with Gasteiger partial charge in [-0.15, -0.1) is 0 Å². The zero-order valence-corrected chi connectivity index (χ0v) is 13.5. The largest absolute Gasteiger partial charge is 0.497 e. The van der Waals surface area contributed by atoms with Gasteiger partial charge in [0.2, 0.25) is 0 Å². The maximum absolute atomic E-state index is 11.7. The van der Waals surface area contributed by atoms with Gasteiger partial charge in [-0.1, -0.05) is 12.1 Å². The first-order chi connectivity index (χ1) is 11.6. The second kappa shape index (κ2) is 6.00. The van der Waals surface area contributed by atoms with Crippen LogP contribution < -0.4 is 4.74 Å². The number of rotatable bonds is 3. The summed E-state index contributed by atoms with van der Waals surface area (Å²) in [6, 6.07) is 7.37. The molecule has 0 radical (unpaired) electrons. The fourth-order valence-electron chi connectivity index (χ4n) is 3.64. The van der Waals surface area contributed by atoms with Crippen LogP contribution in [0.25, 0.3) is 0 Å². The van der Waals surface area contributed by atoms with E-state index in [0.717, 1.165) is 11.3 Å². The van der Waals surface area contributed by atoms with Crippen LogP contribution in [0.4, 0.5) is 0 Å². The summed E-state index contributed by atoms with van der Waals surface area (Å²) in [5.41, 5.74) is 0.837. The maximum atomic E-state index is 11.7. The first kappa shape index (κ1) is 15.8. The van der Waals surface area contributed by atoms with Gasteiger partial charge in [-0.05, 0) is 12.1 Å². The minimum Gasteiger partial charge on any atom is -0.497 e. The third kappa shape index (κ3) is 2.48. The summed E-state index contributed by atoms with van der Waals surface area (Å²) in [5, 5.41) is 10.6.